The zero-order chi connectivity index (χ0) is 13.7. The molecule has 0 aromatic heterocycles. The molecule has 0 saturated carbocycles. The van der Waals surface area contributed by atoms with E-state index in [2.05, 4.69) is 31.4 Å². The first kappa shape index (κ1) is 16.9. The molecule has 4 nitrogen and oxygen atoms in total. The van der Waals surface area contributed by atoms with Crippen LogP contribution < -0.4 is 10.6 Å². The van der Waals surface area contributed by atoms with Gasteiger partial charge >= 0.3 is 0 Å². The number of rotatable bonds is 8. The summed E-state index contributed by atoms with van der Waals surface area (Å²) in [6, 6.07) is 0.273. The fourth-order valence-corrected chi connectivity index (χ4v) is 1.56. The van der Waals surface area contributed by atoms with Gasteiger partial charge in [0.15, 0.2) is 9.84 Å². The van der Waals surface area contributed by atoms with Gasteiger partial charge in [-0.2, -0.15) is 0 Å². The maximum Gasteiger partial charge on any atom is 0.153 e. The first-order valence-electron chi connectivity index (χ1n) is 6.20. The third kappa shape index (κ3) is 7.01. The Hall–Kier alpha value is -0.130. The fourth-order valence-electron chi connectivity index (χ4n) is 1.21. The minimum atomic E-state index is -3.01. The summed E-state index contributed by atoms with van der Waals surface area (Å²) in [7, 11) is -3.01. The quantitative estimate of drug-likeness (QED) is 0.687. The Morgan fingerprint density at radius 3 is 2.06 bits per heavy atom. The van der Waals surface area contributed by atoms with Crippen LogP contribution in [0.1, 0.15) is 34.6 Å². The molecule has 2 N–H and O–H groups in total. The Balaban J connectivity index is 3.96. The van der Waals surface area contributed by atoms with Gasteiger partial charge in [-0.1, -0.05) is 13.8 Å². The number of nitrogens with one attached hydrogen (secondary N) is 2. The predicted molar refractivity (Wildman–Crippen MR) is 74.1 cm³/mol. The van der Waals surface area contributed by atoms with Gasteiger partial charge < -0.3 is 10.6 Å². The molecule has 17 heavy (non-hydrogen) atoms. The highest BCUT2D eigenvalue weighted by molar-refractivity contribution is 7.92. The first-order valence-corrected chi connectivity index (χ1v) is 8.09. The number of hydrogen-bond donors (Lipinski definition) is 2. The summed E-state index contributed by atoms with van der Waals surface area (Å²) in [6.07, 6.45) is 1.29. The lowest BCUT2D eigenvalue weighted by Crippen LogP contribution is -2.47. The van der Waals surface area contributed by atoms with Crippen LogP contribution in [-0.2, 0) is 9.84 Å². The topological polar surface area (TPSA) is 58.2 Å². The molecule has 0 bridgehead atoms. The number of hydrogen-bond acceptors (Lipinski definition) is 4. The third-order valence-corrected chi connectivity index (χ3v) is 5.04. The summed E-state index contributed by atoms with van der Waals surface area (Å²) < 4.78 is 22.3. The van der Waals surface area contributed by atoms with Gasteiger partial charge in [-0.05, 0) is 33.2 Å². The molecular formula is C12H28N2O2S. The molecule has 0 radical (unpaired) electrons. The molecule has 5 heteroatoms. The molecule has 0 heterocycles. The molecule has 0 rings (SSSR count). The normalized spacial score (nSPS) is 15.2. The van der Waals surface area contributed by atoms with Crippen LogP contribution in [0.2, 0.25) is 0 Å². The summed E-state index contributed by atoms with van der Waals surface area (Å²) >= 11 is 0. The van der Waals surface area contributed by atoms with Crippen molar-refractivity contribution in [2.75, 3.05) is 25.9 Å². The van der Waals surface area contributed by atoms with E-state index in [9.17, 15) is 8.42 Å². The first-order chi connectivity index (χ1) is 7.56. The third-order valence-electron chi connectivity index (χ3n) is 2.88. The zero-order valence-corrected chi connectivity index (χ0v) is 12.8. The lowest BCUT2D eigenvalue weighted by molar-refractivity contribution is 0.446. The van der Waals surface area contributed by atoms with Crippen molar-refractivity contribution in [3.05, 3.63) is 0 Å². The van der Waals surface area contributed by atoms with E-state index in [1.807, 2.05) is 0 Å². The van der Waals surface area contributed by atoms with Crippen molar-refractivity contribution in [1.82, 2.24) is 10.6 Å². The van der Waals surface area contributed by atoms with Crippen LogP contribution in [0.5, 0.6) is 0 Å². The molecule has 1 unspecified atom stereocenters. The fraction of sp³-hybridized carbons (Fsp3) is 1.00. The molecule has 104 valence electrons. The molecule has 0 fully saturated rings. The average molecular weight is 264 g/mol. The molecule has 0 aromatic rings. The lowest BCUT2D eigenvalue weighted by atomic mass is 10.2. The van der Waals surface area contributed by atoms with Crippen LogP contribution in [0.15, 0.2) is 0 Å². The highest BCUT2D eigenvalue weighted by Gasteiger charge is 2.29. The van der Waals surface area contributed by atoms with E-state index in [4.69, 9.17) is 0 Å². The van der Waals surface area contributed by atoms with Gasteiger partial charge in [0.2, 0.25) is 0 Å². The van der Waals surface area contributed by atoms with Crippen LogP contribution in [0, 0.1) is 5.92 Å². The Kier molecular flexibility index (Phi) is 6.66. The number of sulfone groups is 1. The summed E-state index contributed by atoms with van der Waals surface area (Å²) in [5.74, 6) is 0.634. The molecular weight excluding hydrogens is 236 g/mol. The van der Waals surface area contributed by atoms with Crippen LogP contribution in [0.25, 0.3) is 0 Å². The molecule has 1 atom stereocenters. The second kappa shape index (κ2) is 6.71. The maximum absolute atomic E-state index is 11.5. The van der Waals surface area contributed by atoms with E-state index in [0.29, 0.717) is 12.5 Å². The van der Waals surface area contributed by atoms with Crippen molar-refractivity contribution < 1.29 is 8.42 Å². The van der Waals surface area contributed by atoms with Crippen molar-refractivity contribution in [3.8, 4) is 0 Å². The van der Waals surface area contributed by atoms with Crippen LogP contribution >= 0.6 is 0 Å². The summed E-state index contributed by atoms with van der Waals surface area (Å²) in [6.45, 7) is 12.2. The minimum Gasteiger partial charge on any atom is -0.315 e. The second-order valence-electron chi connectivity index (χ2n) is 5.87. The largest absolute Gasteiger partial charge is 0.315 e. The van der Waals surface area contributed by atoms with Crippen LogP contribution in [-0.4, -0.2) is 45.1 Å². The van der Waals surface area contributed by atoms with Crippen molar-refractivity contribution in [2.24, 2.45) is 5.92 Å². The molecule has 0 aromatic carbocycles. The van der Waals surface area contributed by atoms with Gasteiger partial charge in [0.05, 0.1) is 4.75 Å². The molecule has 0 aliphatic rings. The van der Waals surface area contributed by atoms with Gasteiger partial charge in [0.1, 0.15) is 0 Å². The van der Waals surface area contributed by atoms with E-state index < -0.39 is 14.6 Å². The molecule has 0 amide bonds. The Morgan fingerprint density at radius 2 is 1.65 bits per heavy atom. The van der Waals surface area contributed by atoms with Crippen molar-refractivity contribution in [1.29, 1.82) is 0 Å². The molecule has 0 spiro atoms. The smallest absolute Gasteiger partial charge is 0.153 e. The van der Waals surface area contributed by atoms with Gasteiger partial charge in [0.25, 0.3) is 0 Å². The SMILES string of the molecule is CC(C)CNCC(C)NCC(C)(C)S(C)(=O)=O. The molecule has 0 aliphatic carbocycles. The maximum atomic E-state index is 11.5. The van der Waals surface area contributed by atoms with Gasteiger partial charge in [-0.25, -0.2) is 8.42 Å². The van der Waals surface area contributed by atoms with Gasteiger partial charge in [-0.15, -0.1) is 0 Å². The summed E-state index contributed by atoms with van der Waals surface area (Å²) in [5.41, 5.74) is 0. The van der Waals surface area contributed by atoms with Crippen molar-refractivity contribution >= 4 is 9.84 Å². The van der Waals surface area contributed by atoms with Gasteiger partial charge in [-0.3, -0.25) is 0 Å². The van der Waals surface area contributed by atoms with Crippen LogP contribution in [0.3, 0.4) is 0 Å². The van der Waals surface area contributed by atoms with E-state index in [1.165, 1.54) is 6.26 Å². The Bertz CT molecular complexity index is 310. The monoisotopic (exact) mass is 264 g/mol. The predicted octanol–water partition coefficient (Wildman–Crippen LogP) is 1.03. The lowest BCUT2D eigenvalue weighted by Gasteiger charge is -2.25. The van der Waals surface area contributed by atoms with Crippen molar-refractivity contribution in [2.45, 2.75) is 45.4 Å². The minimum absolute atomic E-state index is 0.273. The average Bonchev–Trinajstić information content (AvgIpc) is 2.12. The molecule has 0 saturated heterocycles. The summed E-state index contributed by atoms with van der Waals surface area (Å²) in [5, 5.41) is 6.61. The molecule has 0 aliphatic heterocycles. The standard InChI is InChI=1S/C12H28N2O2S/c1-10(2)7-13-8-11(3)14-9-12(4,5)17(6,15)16/h10-11,13-14H,7-9H2,1-6H3. The van der Waals surface area contributed by atoms with Gasteiger partial charge in [0, 0.05) is 25.4 Å². The van der Waals surface area contributed by atoms with Crippen molar-refractivity contribution in [3.63, 3.8) is 0 Å². The van der Waals surface area contributed by atoms with E-state index >= 15 is 0 Å². The second-order valence-corrected chi connectivity index (χ2v) is 8.52. The Morgan fingerprint density at radius 1 is 1.12 bits per heavy atom. The Labute approximate surface area is 106 Å². The zero-order valence-electron chi connectivity index (χ0n) is 12.0. The van der Waals surface area contributed by atoms with Crippen LogP contribution in [0.4, 0.5) is 0 Å². The van der Waals surface area contributed by atoms with E-state index in [0.717, 1.165) is 13.1 Å². The van der Waals surface area contributed by atoms with E-state index in [-0.39, 0.29) is 6.04 Å². The summed E-state index contributed by atoms with van der Waals surface area (Å²) in [4.78, 5) is 0. The highest BCUT2D eigenvalue weighted by Crippen LogP contribution is 2.13. The van der Waals surface area contributed by atoms with E-state index in [1.54, 1.807) is 13.8 Å². The highest BCUT2D eigenvalue weighted by atomic mass is 32.2.